The third-order valence-electron chi connectivity index (χ3n) is 5.59. The summed E-state index contributed by atoms with van der Waals surface area (Å²) in [7, 11) is 4.01. The Labute approximate surface area is 144 Å². The van der Waals surface area contributed by atoms with Gasteiger partial charge in [-0.1, -0.05) is 36.4 Å². The highest BCUT2D eigenvalue weighted by atomic mass is 35.5. The van der Waals surface area contributed by atoms with Crippen molar-refractivity contribution in [1.29, 1.82) is 0 Å². The van der Waals surface area contributed by atoms with Gasteiger partial charge in [0, 0.05) is 17.9 Å². The molecule has 0 spiro atoms. The summed E-state index contributed by atoms with van der Waals surface area (Å²) >= 11 is 0. The molecule has 2 aromatic carbocycles. The minimum Gasteiger partial charge on any atom is -0.497 e. The van der Waals surface area contributed by atoms with Gasteiger partial charge in [0.2, 0.25) is 0 Å². The van der Waals surface area contributed by atoms with E-state index in [2.05, 4.69) is 60.5 Å². The van der Waals surface area contributed by atoms with Gasteiger partial charge in [-0.25, -0.2) is 0 Å². The Morgan fingerprint density at radius 2 is 1.70 bits per heavy atom. The third-order valence-corrected chi connectivity index (χ3v) is 5.59. The zero-order valence-corrected chi connectivity index (χ0v) is 14.6. The monoisotopic (exact) mass is 329 g/mol. The summed E-state index contributed by atoms with van der Waals surface area (Å²) in [5.74, 6) is 2.16. The fourth-order valence-electron chi connectivity index (χ4n) is 4.40. The van der Waals surface area contributed by atoms with E-state index in [-0.39, 0.29) is 12.4 Å². The van der Waals surface area contributed by atoms with Crippen LogP contribution in [0.25, 0.3) is 0 Å². The van der Waals surface area contributed by atoms with Gasteiger partial charge in [0.1, 0.15) is 5.75 Å². The Morgan fingerprint density at radius 3 is 2.39 bits per heavy atom. The van der Waals surface area contributed by atoms with Gasteiger partial charge >= 0.3 is 0 Å². The summed E-state index contributed by atoms with van der Waals surface area (Å²) in [6, 6.07) is 18.4. The Kier molecular flexibility index (Phi) is 4.65. The van der Waals surface area contributed by atoms with E-state index in [0.717, 1.165) is 11.7 Å². The second kappa shape index (κ2) is 6.54. The molecule has 0 saturated carbocycles. The van der Waals surface area contributed by atoms with Crippen LogP contribution in [-0.4, -0.2) is 31.6 Å². The van der Waals surface area contributed by atoms with Crippen molar-refractivity contribution in [3.8, 4) is 5.75 Å². The van der Waals surface area contributed by atoms with Crippen molar-refractivity contribution < 1.29 is 4.74 Å². The van der Waals surface area contributed by atoms with E-state index < -0.39 is 0 Å². The molecule has 4 rings (SSSR count). The molecule has 1 fully saturated rings. The molecule has 0 bridgehead atoms. The van der Waals surface area contributed by atoms with Crippen LogP contribution in [0.3, 0.4) is 0 Å². The van der Waals surface area contributed by atoms with Crippen LogP contribution >= 0.6 is 12.4 Å². The van der Waals surface area contributed by atoms with Crippen molar-refractivity contribution in [3.05, 3.63) is 65.2 Å². The van der Waals surface area contributed by atoms with Crippen LogP contribution in [0.2, 0.25) is 0 Å². The maximum absolute atomic E-state index is 5.30. The molecule has 1 saturated heterocycles. The van der Waals surface area contributed by atoms with E-state index in [0.29, 0.717) is 12.0 Å². The average Bonchev–Trinajstić information content (AvgIpc) is 2.96. The SMILES string of the molecule is COc1ccc(C2C[C@H]3C(CCN3C)c3ccccc32)cc1.Cl. The number of hydrogen-bond donors (Lipinski definition) is 0. The highest BCUT2D eigenvalue weighted by Gasteiger charge is 2.40. The number of nitrogens with zero attached hydrogens (tertiary/aromatic N) is 1. The smallest absolute Gasteiger partial charge is 0.118 e. The first-order valence-corrected chi connectivity index (χ1v) is 8.21. The molecule has 2 aliphatic rings. The lowest BCUT2D eigenvalue weighted by Gasteiger charge is -2.37. The van der Waals surface area contributed by atoms with Gasteiger partial charge in [-0.2, -0.15) is 0 Å². The van der Waals surface area contributed by atoms with Crippen molar-refractivity contribution in [2.45, 2.75) is 30.7 Å². The normalized spacial score (nSPS) is 26.1. The number of fused-ring (bicyclic) bond motifs is 3. The Bertz CT molecular complexity index is 670. The van der Waals surface area contributed by atoms with Crippen LogP contribution < -0.4 is 4.74 Å². The number of methoxy groups -OCH3 is 1. The van der Waals surface area contributed by atoms with Crippen LogP contribution in [0.15, 0.2) is 48.5 Å². The zero-order valence-electron chi connectivity index (χ0n) is 13.7. The molecule has 0 amide bonds. The highest BCUT2D eigenvalue weighted by molar-refractivity contribution is 5.85. The Balaban J connectivity index is 0.00000156. The van der Waals surface area contributed by atoms with Crippen LogP contribution in [0.1, 0.15) is 41.4 Å². The fourth-order valence-corrected chi connectivity index (χ4v) is 4.40. The van der Waals surface area contributed by atoms with Gasteiger partial charge in [-0.05, 0) is 55.3 Å². The molecule has 0 aromatic heterocycles. The van der Waals surface area contributed by atoms with E-state index in [1.807, 2.05) is 0 Å². The van der Waals surface area contributed by atoms with E-state index in [9.17, 15) is 0 Å². The van der Waals surface area contributed by atoms with Crippen LogP contribution in [0, 0.1) is 0 Å². The molecule has 0 N–H and O–H groups in total. The molecule has 23 heavy (non-hydrogen) atoms. The van der Waals surface area contributed by atoms with Crippen molar-refractivity contribution in [2.75, 3.05) is 20.7 Å². The predicted molar refractivity (Wildman–Crippen MR) is 96.9 cm³/mol. The number of likely N-dealkylation sites (tertiary alicyclic amines) is 1. The quantitative estimate of drug-likeness (QED) is 0.807. The van der Waals surface area contributed by atoms with E-state index in [1.165, 1.54) is 30.5 Å². The van der Waals surface area contributed by atoms with Gasteiger partial charge < -0.3 is 9.64 Å². The van der Waals surface area contributed by atoms with Crippen molar-refractivity contribution in [1.82, 2.24) is 4.90 Å². The maximum Gasteiger partial charge on any atom is 0.118 e. The van der Waals surface area contributed by atoms with Crippen LogP contribution in [0.4, 0.5) is 0 Å². The van der Waals surface area contributed by atoms with Gasteiger partial charge in [-0.15, -0.1) is 12.4 Å². The van der Waals surface area contributed by atoms with Crippen molar-refractivity contribution in [3.63, 3.8) is 0 Å². The number of benzene rings is 2. The molecule has 1 aliphatic heterocycles. The molecule has 0 radical (unpaired) electrons. The molecule has 1 aliphatic carbocycles. The maximum atomic E-state index is 5.30. The molecule has 1 heterocycles. The second-order valence-electron chi connectivity index (χ2n) is 6.63. The molecule has 2 unspecified atom stereocenters. The fraction of sp³-hybridized carbons (Fsp3) is 0.400. The first kappa shape index (κ1) is 16.4. The summed E-state index contributed by atoms with van der Waals surface area (Å²) in [6.07, 6.45) is 2.53. The number of likely N-dealkylation sites (N-methyl/N-ethyl adjacent to an activating group) is 1. The summed E-state index contributed by atoms with van der Waals surface area (Å²) in [4.78, 5) is 2.55. The number of hydrogen-bond acceptors (Lipinski definition) is 2. The Morgan fingerprint density at radius 1 is 1.00 bits per heavy atom. The van der Waals surface area contributed by atoms with E-state index in [4.69, 9.17) is 4.74 Å². The summed E-state index contributed by atoms with van der Waals surface area (Å²) < 4.78 is 5.30. The molecule has 122 valence electrons. The summed E-state index contributed by atoms with van der Waals surface area (Å²) in [6.45, 7) is 1.22. The Hall–Kier alpha value is -1.51. The number of halogens is 1. The third kappa shape index (κ3) is 2.75. The largest absolute Gasteiger partial charge is 0.497 e. The minimum absolute atomic E-state index is 0. The van der Waals surface area contributed by atoms with Crippen molar-refractivity contribution >= 4 is 12.4 Å². The summed E-state index contributed by atoms with van der Waals surface area (Å²) in [5, 5.41) is 0. The minimum atomic E-state index is 0. The van der Waals surface area contributed by atoms with Gasteiger partial charge in [0.25, 0.3) is 0 Å². The lowest BCUT2D eigenvalue weighted by molar-refractivity contribution is 0.265. The molecule has 3 heteroatoms. The molecule has 2 aromatic rings. The van der Waals surface area contributed by atoms with Gasteiger partial charge in [0.15, 0.2) is 0 Å². The molecular weight excluding hydrogens is 306 g/mol. The first-order chi connectivity index (χ1) is 10.8. The number of ether oxygens (including phenoxy) is 1. The summed E-state index contributed by atoms with van der Waals surface area (Å²) in [5.41, 5.74) is 4.51. The standard InChI is InChI=1S/C20H23NO.ClH/c1-21-12-11-18-16-5-3-4-6-17(16)19(13-20(18)21)14-7-9-15(22-2)10-8-14;/h3-10,18-20H,11-13H2,1-2H3;1H/t18?,19?,20-;/m0./s1. The van der Waals surface area contributed by atoms with E-state index in [1.54, 1.807) is 12.7 Å². The molecular formula is C20H24ClNO. The van der Waals surface area contributed by atoms with E-state index >= 15 is 0 Å². The van der Waals surface area contributed by atoms with Crippen LogP contribution in [-0.2, 0) is 0 Å². The van der Waals surface area contributed by atoms with Gasteiger partial charge in [-0.3, -0.25) is 0 Å². The first-order valence-electron chi connectivity index (χ1n) is 8.21. The predicted octanol–water partition coefficient (Wildman–Crippen LogP) is 4.44. The lowest BCUT2D eigenvalue weighted by Crippen LogP contribution is -2.34. The average molecular weight is 330 g/mol. The van der Waals surface area contributed by atoms with Crippen molar-refractivity contribution in [2.24, 2.45) is 0 Å². The number of rotatable bonds is 2. The molecule has 2 nitrogen and oxygen atoms in total. The van der Waals surface area contributed by atoms with Gasteiger partial charge in [0.05, 0.1) is 7.11 Å². The highest BCUT2D eigenvalue weighted by Crippen LogP contribution is 2.47. The topological polar surface area (TPSA) is 12.5 Å². The lowest BCUT2D eigenvalue weighted by atomic mass is 9.71. The zero-order chi connectivity index (χ0) is 15.1. The molecule has 3 atom stereocenters. The van der Waals surface area contributed by atoms with Crippen LogP contribution in [0.5, 0.6) is 5.75 Å². The second-order valence-corrected chi connectivity index (χ2v) is 6.63.